The number of nitrogens with zero attached hydrogens (tertiary/aromatic N) is 1. The molecule has 24 heavy (non-hydrogen) atoms. The number of benzene rings is 2. The lowest BCUT2D eigenvalue weighted by Gasteiger charge is -2.28. The van der Waals surface area contributed by atoms with E-state index in [2.05, 4.69) is 5.32 Å². The van der Waals surface area contributed by atoms with Crippen molar-refractivity contribution in [2.24, 2.45) is 5.41 Å². The van der Waals surface area contributed by atoms with Crippen LogP contribution in [-0.4, -0.2) is 18.9 Å². The smallest absolute Gasteiger partial charge is 0.241 e. The Kier molecular flexibility index (Phi) is 5.62. The highest BCUT2D eigenvalue weighted by Crippen LogP contribution is 2.23. The minimum Gasteiger partial charge on any atom is -0.351 e. The summed E-state index contributed by atoms with van der Waals surface area (Å²) in [6, 6.07) is 16.5. The van der Waals surface area contributed by atoms with Crippen molar-refractivity contribution in [1.29, 1.82) is 0 Å². The van der Waals surface area contributed by atoms with Gasteiger partial charge in [0.15, 0.2) is 0 Å². The number of para-hydroxylation sites is 1. The SMILES string of the molecule is CN(C(=O)C(C)(C)C(=O)NCc1ccc(Cl)cc1)c1ccccc1. The van der Waals surface area contributed by atoms with Crippen LogP contribution in [0.5, 0.6) is 0 Å². The van der Waals surface area contributed by atoms with E-state index in [0.717, 1.165) is 11.3 Å². The number of halogens is 1. The number of rotatable bonds is 5. The Morgan fingerprint density at radius 2 is 1.62 bits per heavy atom. The number of anilines is 1. The van der Waals surface area contributed by atoms with Crippen molar-refractivity contribution in [3.05, 3.63) is 65.2 Å². The highest BCUT2D eigenvalue weighted by atomic mass is 35.5. The van der Waals surface area contributed by atoms with E-state index in [-0.39, 0.29) is 11.8 Å². The molecule has 0 aromatic heterocycles. The molecule has 0 unspecified atom stereocenters. The van der Waals surface area contributed by atoms with Crippen molar-refractivity contribution in [1.82, 2.24) is 5.32 Å². The van der Waals surface area contributed by atoms with E-state index in [1.807, 2.05) is 42.5 Å². The predicted molar refractivity (Wildman–Crippen MR) is 96.9 cm³/mol. The fraction of sp³-hybridized carbons (Fsp3) is 0.263. The van der Waals surface area contributed by atoms with Crippen LogP contribution < -0.4 is 10.2 Å². The van der Waals surface area contributed by atoms with Gasteiger partial charge >= 0.3 is 0 Å². The van der Waals surface area contributed by atoms with Crippen molar-refractivity contribution in [2.75, 3.05) is 11.9 Å². The van der Waals surface area contributed by atoms with Gasteiger partial charge in [0.1, 0.15) is 5.41 Å². The van der Waals surface area contributed by atoms with Crippen molar-refractivity contribution in [3.63, 3.8) is 0 Å². The Morgan fingerprint density at radius 3 is 2.21 bits per heavy atom. The van der Waals surface area contributed by atoms with Crippen LogP contribution in [-0.2, 0) is 16.1 Å². The van der Waals surface area contributed by atoms with Gasteiger partial charge in [-0.2, -0.15) is 0 Å². The third-order valence-corrected chi connectivity index (χ3v) is 4.17. The van der Waals surface area contributed by atoms with E-state index >= 15 is 0 Å². The van der Waals surface area contributed by atoms with E-state index in [4.69, 9.17) is 11.6 Å². The zero-order valence-electron chi connectivity index (χ0n) is 14.0. The van der Waals surface area contributed by atoms with Crippen LogP contribution in [0.3, 0.4) is 0 Å². The van der Waals surface area contributed by atoms with Gasteiger partial charge in [-0.05, 0) is 43.7 Å². The third kappa shape index (κ3) is 4.15. The molecule has 0 aliphatic carbocycles. The molecule has 0 heterocycles. The van der Waals surface area contributed by atoms with Crippen molar-refractivity contribution in [3.8, 4) is 0 Å². The molecule has 126 valence electrons. The fourth-order valence-electron chi connectivity index (χ4n) is 2.29. The number of carbonyl (C=O) groups is 2. The zero-order chi connectivity index (χ0) is 17.7. The summed E-state index contributed by atoms with van der Waals surface area (Å²) in [6.45, 7) is 3.61. The monoisotopic (exact) mass is 344 g/mol. The normalized spacial score (nSPS) is 11.0. The molecule has 2 aromatic carbocycles. The number of amides is 2. The molecule has 2 aromatic rings. The first-order valence-electron chi connectivity index (χ1n) is 7.68. The molecule has 4 nitrogen and oxygen atoms in total. The quantitative estimate of drug-likeness (QED) is 0.842. The molecule has 0 atom stereocenters. The van der Waals surface area contributed by atoms with Crippen LogP contribution in [0.2, 0.25) is 5.02 Å². The molecular formula is C19H21ClN2O2. The van der Waals surface area contributed by atoms with Crippen LogP contribution in [0.15, 0.2) is 54.6 Å². The molecule has 0 fully saturated rings. The summed E-state index contributed by atoms with van der Waals surface area (Å²) in [5.41, 5.74) is 0.505. The lowest BCUT2D eigenvalue weighted by molar-refractivity contribution is -0.139. The molecule has 2 amide bonds. The first kappa shape index (κ1) is 18.0. The summed E-state index contributed by atoms with van der Waals surface area (Å²) in [6.07, 6.45) is 0. The van der Waals surface area contributed by atoms with E-state index in [1.54, 1.807) is 33.0 Å². The second kappa shape index (κ2) is 7.49. The summed E-state index contributed by atoms with van der Waals surface area (Å²) in [5, 5.41) is 3.46. The average molecular weight is 345 g/mol. The van der Waals surface area contributed by atoms with Crippen molar-refractivity contribution in [2.45, 2.75) is 20.4 Å². The Balaban J connectivity index is 2.03. The molecule has 0 aliphatic heterocycles. The van der Waals surface area contributed by atoms with Crippen LogP contribution in [0.25, 0.3) is 0 Å². The highest BCUT2D eigenvalue weighted by Gasteiger charge is 2.38. The van der Waals surface area contributed by atoms with Crippen molar-refractivity contribution >= 4 is 29.1 Å². The van der Waals surface area contributed by atoms with Crippen LogP contribution >= 0.6 is 11.6 Å². The van der Waals surface area contributed by atoms with Crippen LogP contribution in [0.4, 0.5) is 5.69 Å². The standard InChI is InChI=1S/C19H21ClN2O2/c1-19(2,18(24)22(3)16-7-5-4-6-8-16)17(23)21-13-14-9-11-15(20)12-10-14/h4-12H,13H2,1-3H3,(H,21,23). The fourth-order valence-corrected chi connectivity index (χ4v) is 2.42. The molecule has 0 radical (unpaired) electrons. The molecule has 1 N–H and O–H groups in total. The summed E-state index contributed by atoms with van der Waals surface area (Å²) in [4.78, 5) is 26.7. The summed E-state index contributed by atoms with van der Waals surface area (Å²) >= 11 is 5.84. The number of hydrogen-bond donors (Lipinski definition) is 1. The van der Waals surface area contributed by atoms with Gasteiger partial charge in [-0.1, -0.05) is 41.9 Å². The molecular weight excluding hydrogens is 324 g/mol. The van der Waals surface area contributed by atoms with Crippen LogP contribution in [0, 0.1) is 5.41 Å². The maximum Gasteiger partial charge on any atom is 0.241 e. The average Bonchev–Trinajstić information content (AvgIpc) is 2.60. The lowest BCUT2D eigenvalue weighted by atomic mass is 9.90. The first-order chi connectivity index (χ1) is 11.3. The maximum atomic E-state index is 12.7. The molecule has 5 heteroatoms. The van der Waals surface area contributed by atoms with Gasteiger partial charge in [0, 0.05) is 24.3 Å². The van der Waals surface area contributed by atoms with Gasteiger partial charge in [0.2, 0.25) is 11.8 Å². The summed E-state index contributed by atoms with van der Waals surface area (Å²) in [5.74, 6) is -0.576. The lowest BCUT2D eigenvalue weighted by Crippen LogP contribution is -2.48. The molecule has 0 bridgehead atoms. The Hall–Kier alpha value is -2.33. The van der Waals surface area contributed by atoms with Gasteiger partial charge in [-0.3, -0.25) is 9.59 Å². The largest absolute Gasteiger partial charge is 0.351 e. The van der Waals surface area contributed by atoms with Crippen LogP contribution in [0.1, 0.15) is 19.4 Å². The minimum atomic E-state index is -1.17. The molecule has 0 saturated heterocycles. The molecule has 2 rings (SSSR count). The Bertz CT molecular complexity index is 712. The number of carbonyl (C=O) groups excluding carboxylic acids is 2. The van der Waals surface area contributed by atoms with E-state index in [0.29, 0.717) is 11.6 Å². The third-order valence-electron chi connectivity index (χ3n) is 3.92. The second-order valence-electron chi connectivity index (χ2n) is 6.13. The van der Waals surface area contributed by atoms with Gasteiger partial charge in [0.05, 0.1) is 0 Å². The van der Waals surface area contributed by atoms with Gasteiger partial charge in [-0.15, -0.1) is 0 Å². The molecule has 0 aliphatic rings. The number of nitrogens with one attached hydrogen (secondary N) is 1. The first-order valence-corrected chi connectivity index (χ1v) is 8.06. The molecule has 0 saturated carbocycles. The van der Waals surface area contributed by atoms with Gasteiger partial charge < -0.3 is 10.2 Å². The highest BCUT2D eigenvalue weighted by molar-refractivity contribution is 6.30. The summed E-state index contributed by atoms with van der Waals surface area (Å²) < 4.78 is 0. The van der Waals surface area contributed by atoms with E-state index in [1.165, 1.54) is 4.90 Å². The van der Waals surface area contributed by atoms with E-state index < -0.39 is 5.41 Å². The van der Waals surface area contributed by atoms with E-state index in [9.17, 15) is 9.59 Å². The zero-order valence-corrected chi connectivity index (χ0v) is 14.8. The minimum absolute atomic E-state index is 0.262. The topological polar surface area (TPSA) is 49.4 Å². The predicted octanol–water partition coefficient (Wildman–Crippen LogP) is 3.65. The van der Waals surface area contributed by atoms with Gasteiger partial charge in [-0.25, -0.2) is 0 Å². The maximum absolute atomic E-state index is 12.7. The van der Waals surface area contributed by atoms with Crippen molar-refractivity contribution < 1.29 is 9.59 Å². The molecule has 0 spiro atoms. The second-order valence-corrected chi connectivity index (χ2v) is 6.57. The Labute approximate surface area is 147 Å². The Morgan fingerprint density at radius 1 is 1.04 bits per heavy atom. The van der Waals surface area contributed by atoms with Gasteiger partial charge in [0.25, 0.3) is 0 Å². The number of hydrogen-bond acceptors (Lipinski definition) is 2. The summed E-state index contributed by atoms with van der Waals surface area (Å²) in [7, 11) is 1.67.